The Kier molecular flexibility index (Phi) is 3.23. The molecule has 4 nitrogen and oxygen atoms in total. The molecule has 0 saturated carbocycles. The Bertz CT molecular complexity index is 557. The van der Waals surface area contributed by atoms with Crippen LogP contribution in [0.2, 0.25) is 0 Å². The van der Waals surface area contributed by atoms with Gasteiger partial charge in [-0.2, -0.15) is 0 Å². The first kappa shape index (κ1) is 11.4. The van der Waals surface area contributed by atoms with E-state index in [4.69, 9.17) is 0 Å². The number of hydrogen-bond acceptors (Lipinski definition) is 3. The van der Waals surface area contributed by atoms with Crippen molar-refractivity contribution < 1.29 is 14.3 Å². The van der Waals surface area contributed by atoms with Crippen molar-refractivity contribution in [2.75, 3.05) is 7.11 Å². The molecule has 0 fully saturated rings. The van der Waals surface area contributed by atoms with Gasteiger partial charge in [0.25, 0.3) is 0 Å². The Morgan fingerprint density at radius 2 is 2.29 bits per heavy atom. The fraction of sp³-hybridized carbons (Fsp3) is 0.231. The standard InChI is InChI=1S/C13H13NO3/c1-17-13(16)5-3-9-2-4-12-11(6-9)10(8-15)7-14-12/h2,4,6-8,14H,3,5H2,1H3. The number of nitrogens with one attached hydrogen (secondary N) is 1. The van der Waals surface area contributed by atoms with Gasteiger partial charge in [-0.3, -0.25) is 9.59 Å². The largest absolute Gasteiger partial charge is 0.469 e. The lowest BCUT2D eigenvalue weighted by atomic mass is 10.1. The van der Waals surface area contributed by atoms with Gasteiger partial charge in [0.1, 0.15) is 0 Å². The van der Waals surface area contributed by atoms with E-state index < -0.39 is 0 Å². The van der Waals surface area contributed by atoms with E-state index in [1.807, 2.05) is 18.2 Å². The number of H-pyrrole nitrogens is 1. The maximum Gasteiger partial charge on any atom is 0.305 e. The van der Waals surface area contributed by atoms with E-state index in [0.717, 1.165) is 22.8 Å². The van der Waals surface area contributed by atoms with Crippen molar-refractivity contribution in [1.29, 1.82) is 0 Å². The molecule has 0 atom stereocenters. The number of carbonyl (C=O) groups excluding carboxylic acids is 2. The van der Waals surface area contributed by atoms with E-state index in [9.17, 15) is 9.59 Å². The number of esters is 1. The van der Waals surface area contributed by atoms with Gasteiger partial charge in [-0.25, -0.2) is 0 Å². The first-order valence-corrected chi connectivity index (χ1v) is 5.36. The van der Waals surface area contributed by atoms with Crippen molar-refractivity contribution >= 4 is 23.2 Å². The van der Waals surface area contributed by atoms with Crippen LogP contribution >= 0.6 is 0 Å². The normalized spacial score (nSPS) is 10.4. The molecule has 1 N–H and O–H groups in total. The number of benzene rings is 1. The molecular weight excluding hydrogens is 218 g/mol. The number of rotatable bonds is 4. The number of methoxy groups -OCH3 is 1. The molecule has 0 aliphatic rings. The van der Waals surface area contributed by atoms with Gasteiger partial charge in [0.05, 0.1) is 7.11 Å². The zero-order valence-corrected chi connectivity index (χ0v) is 9.53. The Balaban J connectivity index is 2.24. The van der Waals surface area contributed by atoms with E-state index in [-0.39, 0.29) is 5.97 Å². The molecule has 1 aromatic carbocycles. The quantitative estimate of drug-likeness (QED) is 0.647. The predicted octanol–water partition coefficient (Wildman–Crippen LogP) is 2.09. The van der Waals surface area contributed by atoms with E-state index in [0.29, 0.717) is 18.4 Å². The van der Waals surface area contributed by atoms with Gasteiger partial charge in [0.2, 0.25) is 0 Å². The molecule has 1 heterocycles. The third-order valence-corrected chi connectivity index (χ3v) is 2.75. The summed E-state index contributed by atoms with van der Waals surface area (Å²) in [6.45, 7) is 0. The van der Waals surface area contributed by atoms with Crippen molar-refractivity contribution in [3.63, 3.8) is 0 Å². The highest BCUT2D eigenvalue weighted by Gasteiger charge is 2.05. The fourth-order valence-corrected chi connectivity index (χ4v) is 1.79. The monoisotopic (exact) mass is 231 g/mol. The van der Waals surface area contributed by atoms with Crippen LogP contribution in [-0.2, 0) is 16.0 Å². The SMILES string of the molecule is COC(=O)CCc1ccc2[nH]cc(C=O)c2c1. The Morgan fingerprint density at radius 3 is 3.00 bits per heavy atom. The van der Waals surface area contributed by atoms with Crippen LogP contribution in [0.5, 0.6) is 0 Å². The lowest BCUT2D eigenvalue weighted by Crippen LogP contribution is -2.01. The molecule has 0 unspecified atom stereocenters. The van der Waals surface area contributed by atoms with Gasteiger partial charge in [-0.15, -0.1) is 0 Å². The molecule has 0 amide bonds. The van der Waals surface area contributed by atoms with Crippen molar-refractivity contribution in [3.8, 4) is 0 Å². The third-order valence-electron chi connectivity index (χ3n) is 2.75. The zero-order chi connectivity index (χ0) is 12.3. The zero-order valence-electron chi connectivity index (χ0n) is 9.53. The summed E-state index contributed by atoms with van der Waals surface area (Å²) in [5, 5.41) is 0.891. The number of ether oxygens (including phenoxy) is 1. The van der Waals surface area contributed by atoms with E-state index >= 15 is 0 Å². The molecule has 0 saturated heterocycles. The molecule has 1 aromatic heterocycles. The summed E-state index contributed by atoms with van der Waals surface area (Å²) in [4.78, 5) is 24.9. The minimum Gasteiger partial charge on any atom is -0.469 e. The first-order valence-electron chi connectivity index (χ1n) is 5.36. The smallest absolute Gasteiger partial charge is 0.305 e. The molecule has 4 heteroatoms. The van der Waals surface area contributed by atoms with Crippen LogP contribution in [0.15, 0.2) is 24.4 Å². The molecule has 2 rings (SSSR count). The second-order valence-electron chi connectivity index (χ2n) is 3.82. The third kappa shape index (κ3) is 2.36. The summed E-state index contributed by atoms with van der Waals surface area (Å²) in [6.07, 6.45) is 3.47. The number of hydrogen-bond donors (Lipinski definition) is 1. The van der Waals surface area contributed by atoms with Gasteiger partial charge >= 0.3 is 5.97 Å². The van der Waals surface area contributed by atoms with E-state index in [1.165, 1.54) is 7.11 Å². The summed E-state index contributed by atoms with van der Waals surface area (Å²) in [5.41, 5.74) is 2.58. The van der Waals surface area contributed by atoms with Crippen LogP contribution in [0.4, 0.5) is 0 Å². The lowest BCUT2D eigenvalue weighted by Gasteiger charge is -2.01. The van der Waals surface area contributed by atoms with Gasteiger partial charge in [-0.05, 0) is 24.1 Å². The lowest BCUT2D eigenvalue weighted by molar-refractivity contribution is -0.140. The molecular formula is C13H13NO3. The second kappa shape index (κ2) is 4.82. The van der Waals surface area contributed by atoms with Crippen LogP contribution in [0.3, 0.4) is 0 Å². The fourth-order valence-electron chi connectivity index (χ4n) is 1.79. The number of aromatic amines is 1. The van der Waals surface area contributed by atoms with Crippen LogP contribution in [0.1, 0.15) is 22.3 Å². The minimum absolute atomic E-state index is 0.227. The maximum atomic E-state index is 11.0. The highest BCUT2D eigenvalue weighted by Crippen LogP contribution is 2.19. The number of aldehydes is 1. The molecule has 88 valence electrons. The summed E-state index contributed by atoms with van der Waals surface area (Å²) in [6, 6.07) is 5.78. The first-order chi connectivity index (χ1) is 8.24. The Labute approximate surface area is 98.6 Å². The molecule has 0 aliphatic carbocycles. The molecule has 2 aromatic rings. The van der Waals surface area contributed by atoms with Crippen LogP contribution < -0.4 is 0 Å². The highest BCUT2D eigenvalue weighted by molar-refractivity contribution is 5.97. The van der Waals surface area contributed by atoms with Gasteiger partial charge in [0, 0.05) is 29.1 Å². The van der Waals surface area contributed by atoms with Crippen molar-refractivity contribution in [2.24, 2.45) is 0 Å². The average molecular weight is 231 g/mol. The molecule has 0 spiro atoms. The van der Waals surface area contributed by atoms with Crippen molar-refractivity contribution in [3.05, 3.63) is 35.5 Å². The summed E-state index contributed by atoms with van der Waals surface area (Å²) in [7, 11) is 1.38. The number of fused-ring (bicyclic) bond motifs is 1. The molecule has 0 radical (unpaired) electrons. The topological polar surface area (TPSA) is 59.2 Å². The van der Waals surface area contributed by atoms with Crippen LogP contribution in [-0.4, -0.2) is 24.3 Å². The Morgan fingerprint density at radius 1 is 1.47 bits per heavy atom. The van der Waals surface area contributed by atoms with Crippen LogP contribution in [0, 0.1) is 0 Å². The number of aryl methyl sites for hydroxylation is 1. The summed E-state index contributed by atoms with van der Waals surface area (Å²) < 4.78 is 4.59. The second-order valence-corrected chi connectivity index (χ2v) is 3.82. The minimum atomic E-state index is -0.227. The predicted molar refractivity (Wildman–Crippen MR) is 64.0 cm³/mol. The van der Waals surface area contributed by atoms with E-state index in [1.54, 1.807) is 6.20 Å². The highest BCUT2D eigenvalue weighted by atomic mass is 16.5. The summed E-state index contributed by atoms with van der Waals surface area (Å²) >= 11 is 0. The number of aromatic nitrogens is 1. The maximum absolute atomic E-state index is 11.0. The number of carbonyl (C=O) groups is 2. The van der Waals surface area contributed by atoms with Gasteiger partial charge in [-0.1, -0.05) is 6.07 Å². The average Bonchev–Trinajstić information content (AvgIpc) is 2.78. The molecule has 0 aliphatic heterocycles. The van der Waals surface area contributed by atoms with Crippen molar-refractivity contribution in [1.82, 2.24) is 4.98 Å². The Hall–Kier alpha value is -2.10. The molecule has 0 bridgehead atoms. The van der Waals surface area contributed by atoms with Gasteiger partial charge < -0.3 is 9.72 Å². The molecule has 17 heavy (non-hydrogen) atoms. The van der Waals surface area contributed by atoms with Gasteiger partial charge in [0.15, 0.2) is 6.29 Å². The summed E-state index contributed by atoms with van der Waals surface area (Å²) in [5.74, 6) is -0.227. The van der Waals surface area contributed by atoms with E-state index in [2.05, 4.69) is 9.72 Å². The van der Waals surface area contributed by atoms with Crippen LogP contribution in [0.25, 0.3) is 10.9 Å². The van der Waals surface area contributed by atoms with Crippen molar-refractivity contribution in [2.45, 2.75) is 12.8 Å².